The lowest BCUT2D eigenvalue weighted by Gasteiger charge is -2.37. The van der Waals surface area contributed by atoms with E-state index < -0.39 is 0 Å². The van der Waals surface area contributed by atoms with Crippen LogP contribution in [-0.2, 0) is 0 Å². The van der Waals surface area contributed by atoms with Crippen LogP contribution in [0.15, 0.2) is 41.8 Å². The minimum atomic E-state index is -0.218. The highest BCUT2D eigenvalue weighted by Gasteiger charge is 2.36. The smallest absolute Gasteiger partial charge is 0.251 e. The molecule has 2 N–H and O–H groups in total. The van der Waals surface area contributed by atoms with Crippen LogP contribution >= 0.6 is 11.3 Å². The van der Waals surface area contributed by atoms with Gasteiger partial charge in [0.05, 0.1) is 12.1 Å². The number of aliphatic hydroxyl groups excluding tert-OH is 1. The van der Waals surface area contributed by atoms with Gasteiger partial charge in [-0.2, -0.15) is 0 Å². The maximum atomic E-state index is 12.7. The topological polar surface area (TPSA) is 52.6 Å². The molecule has 25 heavy (non-hydrogen) atoms. The summed E-state index contributed by atoms with van der Waals surface area (Å²) in [6, 6.07) is 12.0. The summed E-state index contributed by atoms with van der Waals surface area (Å²) in [5.74, 6) is 0.286. The van der Waals surface area contributed by atoms with Crippen LogP contribution in [-0.4, -0.2) is 30.2 Å². The molecule has 1 saturated carbocycles. The number of carbonyl (C=O) groups is 1. The Morgan fingerprint density at radius 2 is 1.88 bits per heavy atom. The Hall–Kier alpha value is -1.85. The van der Waals surface area contributed by atoms with Gasteiger partial charge < -0.3 is 15.3 Å². The lowest BCUT2D eigenvalue weighted by atomic mass is 9.76. The minimum absolute atomic E-state index is 0.00541. The SMILES string of the molecule is O=C(N[C@H](c1cccs1)C1CC(O)C1)c1ccc(N2CCCC2)cc1. The first-order chi connectivity index (χ1) is 12.2. The molecular weight excluding hydrogens is 332 g/mol. The highest BCUT2D eigenvalue weighted by Crippen LogP contribution is 2.39. The summed E-state index contributed by atoms with van der Waals surface area (Å²) in [6.07, 6.45) is 3.80. The highest BCUT2D eigenvalue weighted by atomic mass is 32.1. The predicted molar refractivity (Wildman–Crippen MR) is 101 cm³/mol. The molecule has 0 spiro atoms. The number of thiophene rings is 1. The molecule has 2 fully saturated rings. The molecule has 2 aromatic rings. The number of anilines is 1. The first kappa shape index (κ1) is 16.6. The van der Waals surface area contributed by atoms with Gasteiger partial charge in [-0.05, 0) is 67.3 Å². The average Bonchev–Trinajstić information content (AvgIpc) is 3.30. The summed E-state index contributed by atoms with van der Waals surface area (Å²) >= 11 is 1.66. The van der Waals surface area contributed by atoms with E-state index in [-0.39, 0.29) is 18.1 Å². The third kappa shape index (κ3) is 3.58. The summed E-state index contributed by atoms with van der Waals surface area (Å²) in [6.45, 7) is 2.21. The standard InChI is InChI=1S/C20H24N2O2S/c23-17-12-15(13-17)19(18-4-3-11-25-18)21-20(24)14-5-7-16(8-6-14)22-9-1-2-10-22/h3-8,11,15,17,19,23H,1-2,9-10,12-13H2,(H,21,24)/t15?,17?,19-/m0/s1. The van der Waals surface area contributed by atoms with Gasteiger partial charge in [0, 0.05) is 29.2 Å². The van der Waals surface area contributed by atoms with Crippen molar-refractivity contribution in [2.75, 3.05) is 18.0 Å². The summed E-state index contributed by atoms with van der Waals surface area (Å²) in [5.41, 5.74) is 1.90. The number of hydrogen-bond acceptors (Lipinski definition) is 4. The van der Waals surface area contributed by atoms with Gasteiger partial charge >= 0.3 is 0 Å². The highest BCUT2D eigenvalue weighted by molar-refractivity contribution is 7.10. The van der Waals surface area contributed by atoms with Crippen LogP contribution in [0.3, 0.4) is 0 Å². The fourth-order valence-corrected chi connectivity index (χ4v) is 4.68. The van der Waals surface area contributed by atoms with E-state index in [4.69, 9.17) is 0 Å². The Kier molecular flexibility index (Phi) is 4.77. The van der Waals surface area contributed by atoms with E-state index in [0.29, 0.717) is 11.5 Å². The Balaban J connectivity index is 1.45. The second kappa shape index (κ2) is 7.18. The first-order valence-electron chi connectivity index (χ1n) is 9.08. The van der Waals surface area contributed by atoms with Crippen molar-refractivity contribution in [3.63, 3.8) is 0 Å². The number of rotatable bonds is 5. The quantitative estimate of drug-likeness (QED) is 0.861. The monoisotopic (exact) mass is 356 g/mol. The molecule has 2 aliphatic rings. The number of carbonyl (C=O) groups excluding carboxylic acids is 1. The maximum absolute atomic E-state index is 12.7. The molecule has 1 atom stereocenters. The van der Waals surface area contributed by atoms with E-state index in [1.807, 2.05) is 35.7 Å². The largest absolute Gasteiger partial charge is 0.393 e. The molecule has 1 saturated heterocycles. The van der Waals surface area contributed by atoms with Gasteiger partial charge in [0.1, 0.15) is 0 Å². The number of aliphatic hydroxyl groups is 1. The van der Waals surface area contributed by atoms with Crippen LogP contribution in [0.1, 0.15) is 47.0 Å². The molecule has 4 nitrogen and oxygen atoms in total. The zero-order valence-electron chi connectivity index (χ0n) is 14.2. The van der Waals surface area contributed by atoms with Crippen molar-refractivity contribution in [3.05, 3.63) is 52.2 Å². The zero-order valence-corrected chi connectivity index (χ0v) is 15.0. The molecule has 0 unspecified atom stereocenters. The molecule has 2 heterocycles. The number of benzene rings is 1. The third-order valence-electron chi connectivity index (χ3n) is 5.36. The first-order valence-corrected chi connectivity index (χ1v) is 9.96. The maximum Gasteiger partial charge on any atom is 0.251 e. The second-order valence-electron chi connectivity index (χ2n) is 7.09. The second-order valence-corrected chi connectivity index (χ2v) is 8.07. The molecule has 1 aromatic carbocycles. The van der Waals surface area contributed by atoms with Gasteiger partial charge in [-0.3, -0.25) is 4.79 Å². The molecular formula is C20H24N2O2S. The molecule has 5 heteroatoms. The van der Waals surface area contributed by atoms with Crippen LogP contribution in [0.4, 0.5) is 5.69 Å². The van der Waals surface area contributed by atoms with Crippen molar-refractivity contribution < 1.29 is 9.90 Å². The van der Waals surface area contributed by atoms with Crippen LogP contribution in [0.25, 0.3) is 0 Å². The van der Waals surface area contributed by atoms with Gasteiger partial charge in [0.15, 0.2) is 0 Å². The summed E-state index contributed by atoms with van der Waals surface area (Å²) in [7, 11) is 0. The molecule has 4 rings (SSSR count). The molecule has 0 radical (unpaired) electrons. The summed E-state index contributed by atoms with van der Waals surface area (Å²) in [4.78, 5) is 16.3. The van der Waals surface area contributed by atoms with Gasteiger partial charge in [-0.1, -0.05) is 6.07 Å². The van der Waals surface area contributed by atoms with Crippen LogP contribution in [0.2, 0.25) is 0 Å². The van der Waals surface area contributed by atoms with Crippen molar-refractivity contribution >= 4 is 22.9 Å². The van der Waals surface area contributed by atoms with Gasteiger partial charge in [0.25, 0.3) is 5.91 Å². The van der Waals surface area contributed by atoms with Gasteiger partial charge in [0.2, 0.25) is 0 Å². The molecule has 1 aromatic heterocycles. The number of nitrogens with zero attached hydrogens (tertiary/aromatic N) is 1. The van der Waals surface area contributed by atoms with E-state index in [9.17, 15) is 9.90 Å². The van der Waals surface area contributed by atoms with E-state index in [1.165, 1.54) is 23.4 Å². The lowest BCUT2D eigenvalue weighted by Crippen LogP contribution is -2.41. The fraction of sp³-hybridized carbons (Fsp3) is 0.450. The zero-order chi connectivity index (χ0) is 17.2. The molecule has 0 bridgehead atoms. The normalized spacial score (nSPS) is 24.0. The number of amides is 1. The number of hydrogen-bond donors (Lipinski definition) is 2. The molecule has 132 valence electrons. The van der Waals surface area contributed by atoms with Crippen molar-refractivity contribution in [1.82, 2.24) is 5.32 Å². The average molecular weight is 356 g/mol. The Morgan fingerprint density at radius 1 is 1.16 bits per heavy atom. The summed E-state index contributed by atoms with van der Waals surface area (Å²) < 4.78 is 0. The van der Waals surface area contributed by atoms with E-state index in [2.05, 4.69) is 16.3 Å². The Labute approximate surface area is 152 Å². The summed E-state index contributed by atoms with van der Waals surface area (Å²) in [5, 5.41) is 14.9. The van der Waals surface area contributed by atoms with E-state index in [0.717, 1.165) is 25.9 Å². The third-order valence-corrected chi connectivity index (χ3v) is 6.31. The predicted octanol–water partition coefficient (Wildman–Crippen LogP) is 3.59. The van der Waals surface area contributed by atoms with Gasteiger partial charge in [-0.25, -0.2) is 0 Å². The van der Waals surface area contributed by atoms with Crippen molar-refractivity contribution in [2.24, 2.45) is 5.92 Å². The van der Waals surface area contributed by atoms with Crippen LogP contribution in [0.5, 0.6) is 0 Å². The van der Waals surface area contributed by atoms with Crippen LogP contribution in [0, 0.1) is 5.92 Å². The molecule has 1 aliphatic carbocycles. The Morgan fingerprint density at radius 3 is 2.48 bits per heavy atom. The van der Waals surface area contributed by atoms with Crippen LogP contribution < -0.4 is 10.2 Å². The Bertz CT molecular complexity index is 702. The lowest BCUT2D eigenvalue weighted by molar-refractivity contribution is 0.0241. The fourth-order valence-electron chi connectivity index (χ4n) is 3.82. The number of nitrogens with one attached hydrogen (secondary N) is 1. The van der Waals surface area contributed by atoms with Gasteiger partial charge in [-0.15, -0.1) is 11.3 Å². The van der Waals surface area contributed by atoms with E-state index in [1.54, 1.807) is 11.3 Å². The van der Waals surface area contributed by atoms with Crippen molar-refractivity contribution in [1.29, 1.82) is 0 Å². The molecule has 1 amide bonds. The van der Waals surface area contributed by atoms with E-state index >= 15 is 0 Å². The minimum Gasteiger partial charge on any atom is -0.393 e. The van der Waals surface area contributed by atoms with Crippen molar-refractivity contribution in [2.45, 2.75) is 37.8 Å². The van der Waals surface area contributed by atoms with Crippen molar-refractivity contribution in [3.8, 4) is 0 Å². The molecule has 1 aliphatic heterocycles.